The molecule has 0 bridgehead atoms. The number of piperazine rings is 1. The van der Waals surface area contributed by atoms with Gasteiger partial charge in [0.05, 0.1) is 0 Å². The van der Waals surface area contributed by atoms with Gasteiger partial charge in [-0.3, -0.25) is 4.90 Å². The number of nitrogens with one attached hydrogen (secondary N) is 1. The lowest BCUT2D eigenvalue weighted by atomic mass is 10.0. The molecule has 2 aromatic carbocycles. The van der Waals surface area contributed by atoms with Gasteiger partial charge < -0.3 is 10.2 Å². The van der Waals surface area contributed by atoms with E-state index in [2.05, 4.69) is 30.1 Å². The molecule has 27 heavy (non-hydrogen) atoms. The molecule has 0 atom stereocenters. The largest absolute Gasteiger partial charge is 0.322 e. The third kappa shape index (κ3) is 5.30. The highest BCUT2D eigenvalue weighted by atomic mass is 19.1. The highest BCUT2D eigenvalue weighted by Crippen LogP contribution is 2.24. The van der Waals surface area contributed by atoms with Crippen LogP contribution >= 0.6 is 0 Å². The zero-order chi connectivity index (χ0) is 19.2. The molecule has 1 saturated heterocycles. The van der Waals surface area contributed by atoms with E-state index >= 15 is 0 Å². The van der Waals surface area contributed by atoms with Crippen molar-refractivity contribution in [3.8, 4) is 0 Å². The maximum atomic E-state index is 13.0. The number of halogens is 1. The lowest BCUT2D eigenvalue weighted by Crippen LogP contribution is -2.50. The van der Waals surface area contributed by atoms with Gasteiger partial charge in [0.15, 0.2) is 0 Å². The Morgan fingerprint density at radius 2 is 1.70 bits per heavy atom. The second-order valence-corrected chi connectivity index (χ2v) is 7.38. The number of benzene rings is 2. The van der Waals surface area contributed by atoms with Gasteiger partial charge in [0.2, 0.25) is 0 Å². The van der Waals surface area contributed by atoms with E-state index in [1.54, 1.807) is 0 Å². The minimum atomic E-state index is -0.197. The van der Waals surface area contributed by atoms with E-state index in [0.717, 1.165) is 56.0 Å². The average molecular weight is 369 g/mol. The Morgan fingerprint density at radius 1 is 1.04 bits per heavy atom. The lowest BCUT2D eigenvalue weighted by molar-refractivity contribution is 0.148. The molecule has 1 heterocycles. The van der Waals surface area contributed by atoms with Crippen LogP contribution in [0.1, 0.15) is 30.9 Å². The van der Waals surface area contributed by atoms with Crippen molar-refractivity contribution in [3.63, 3.8) is 0 Å². The van der Waals surface area contributed by atoms with Crippen molar-refractivity contribution < 1.29 is 9.18 Å². The van der Waals surface area contributed by atoms with Gasteiger partial charge in [0.25, 0.3) is 0 Å². The molecule has 1 aliphatic heterocycles. The number of nitrogens with zero attached hydrogens (tertiary/aromatic N) is 2. The highest BCUT2D eigenvalue weighted by Gasteiger charge is 2.21. The highest BCUT2D eigenvalue weighted by molar-refractivity contribution is 5.90. The zero-order valence-electron chi connectivity index (χ0n) is 16.1. The Morgan fingerprint density at radius 3 is 2.37 bits per heavy atom. The average Bonchev–Trinajstić information content (AvgIpc) is 2.68. The van der Waals surface area contributed by atoms with Crippen LogP contribution in [0.5, 0.6) is 0 Å². The first-order valence-corrected chi connectivity index (χ1v) is 9.64. The van der Waals surface area contributed by atoms with Gasteiger partial charge in [-0.15, -0.1) is 0 Å². The van der Waals surface area contributed by atoms with Gasteiger partial charge in [-0.1, -0.05) is 44.2 Å². The Balaban J connectivity index is 1.47. The molecular formula is C22H28FN3O. The summed E-state index contributed by atoms with van der Waals surface area (Å²) in [6.07, 6.45) is 0.897. The van der Waals surface area contributed by atoms with E-state index in [1.807, 2.05) is 35.2 Å². The molecule has 0 radical (unpaired) electrons. The lowest BCUT2D eigenvalue weighted by Gasteiger charge is -2.35. The summed E-state index contributed by atoms with van der Waals surface area (Å²) in [6, 6.07) is 14.6. The Hall–Kier alpha value is -2.40. The summed E-state index contributed by atoms with van der Waals surface area (Å²) < 4.78 is 13.0. The van der Waals surface area contributed by atoms with Crippen LogP contribution in [-0.4, -0.2) is 48.6 Å². The van der Waals surface area contributed by atoms with Crippen LogP contribution in [0.15, 0.2) is 48.5 Å². The molecule has 0 saturated carbocycles. The van der Waals surface area contributed by atoms with Gasteiger partial charge >= 0.3 is 6.03 Å². The number of carbonyl (C=O) groups excluding carboxylic acids is 1. The number of urea groups is 1. The minimum absolute atomic E-state index is 0.0266. The van der Waals surface area contributed by atoms with Crippen molar-refractivity contribution in [2.45, 2.75) is 26.2 Å². The van der Waals surface area contributed by atoms with Crippen LogP contribution in [0.4, 0.5) is 14.9 Å². The monoisotopic (exact) mass is 369 g/mol. The first-order valence-electron chi connectivity index (χ1n) is 9.64. The molecule has 2 aromatic rings. The number of amides is 2. The fourth-order valence-electron chi connectivity index (χ4n) is 3.42. The number of anilines is 1. The number of hydrogen-bond donors (Lipinski definition) is 1. The summed E-state index contributed by atoms with van der Waals surface area (Å²) in [7, 11) is 0. The molecule has 5 heteroatoms. The van der Waals surface area contributed by atoms with Crippen molar-refractivity contribution in [1.29, 1.82) is 0 Å². The van der Waals surface area contributed by atoms with E-state index in [1.165, 1.54) is 12.1 Å². The van der Waals surface area contributed by atoms with Crippen molar-refractivity contribution in [3.05, 3.63) is 65.5 Å². The number of hydrogen-bond acceptors (Lipinski definition) is 2. The van der Waals surface area contributed by atoms with Crippen LogP contribution in [0, 0.1) is 5.82 Å². The molecule has 0 aromatic heterocycles. The van der Waals surface area contributed by atoms with E-state index in [-0.39, 0.29) is 11.8 Å². The molecular weight excluding hydrogens is 341 g/mol. The summed E-state index contributed by atoms with van der Waals surface area (Å²) >= 11 is 0. The summed E-state index contributed by atoms with van der Waals surface area (Å²) in [5.74, 6) is 0.169. The molecule has 1 aliphatic rings. The number of rotatable bonds is 5. The summed E-state index contributed by atoms with van der Waals surface area (Å²) in [5, 5.41) is 3.07. The molecule has 4 nitrogen and oxygen atoms in total. The first-order chi connectivity index (χ1) is 13.0. The summed E-state index contributed by atoms with van der Waals surface area (Å²) in [4.78, 5) is 16.9. The van der Waals surface area contributed by atoms with E-state index < -0.39 is 0 Å². The van der Waals surface area contributed by atoms with E-state index in [0.29, 0.717) is 5.92 Å². The first kappa shape index (κ1) is 19.4. The zero-order valence-corrected chi connectivity index (χ0v) is 16.1. The van der Waals surface area contributed by atoms with Crippen LogP contribution in [0.25, 0.3) is 0 Å². The standard InChI is InChI=1S/C22H28FN3O/c1-17(2)20-5-3-4-6-21(20)24-22(27)26-15-13-25(14-16-26)12-11-18-7-9-19(23)10-8-18/h3-10,17H,11-16H2,1-2H3,(H,24,27). The SMILES string of the molecule is CC(C)c1ccccc1NC(=O)N1CCN(CCc2ccc(F)cc2)CC1. The quantitative estimate of drug-likeness (QED) is 0.851. The summed E-state index contributed by atoms with van der Waals surface area (Å²) in [6.45, 7) is 8.35. The normalized spacial score (nSPS) is 15.2. The van der Waals surface area contributed by atoms with Gasteiger partial charge in [-0.2, -0.15) is 0 Å². The Labute approximate surface area is 161 Å². The van der Waals surface area contributed by atoms with Crippen LogP contribution in [-0.2, 0) is 6.42 Å². The fraction of sp³-hybridized carbons (Fsp3) is 0.409. The van der Waals surface area contributed by atoms with Crippen LogP contribution in [0.3, 0.4) is 0 Å². The molecule has 0 unspecified atom stereocenters. The van der Waals surface area contributed by atoms with E-state index in [4.69, 9.17) is 0 Å². The topological polar surface area (TPSA) is 35.6 Å². The van der Waals surface area contributed by atoms with Gasteiger partial charge in [-0.05, 0) is 41.7 Å². The molecule has 144 valence electrons. The Bertz CT molecular complexity index is 752. The number of para-hydroxylation sites is 1. The maximum absolute atomic E-state index is 13.0. The number of carbonyl (C=O) groups is 1. The third-order valence-corrected chi connectivity index (χ3v) is 5.11. The van der Waals surface area contributed by atoms with Crippen molar-refractivity contribution in [2.24, 2.45) is 0 Å². The third-order valence-electron chi connectivity index (χ3n) is 5.11. The minimum Gasteiger partial charge on any atom is -0.322 e. The summed E-state index contributed by atoms with van der Waals surface area (Å²) in [5.41, 5.74) is 3.20. The second kappa shape index (κ2) is 9.00. The molecule has 0 spiro atoms. The van der Waals surface area contributed by atoms with Crippen molar-refractivity contribution in [1.82, 2.24) is 9.80 Å². The van der Waals surface area contributed by atoms with Gasteiger partial charge in [0.1, 0.15) is 5.82 Å². The van der Waals surface area contributed by atoms with Crippen molar-refractivity contribution in [2.75, 3.05) is 38.0 Å². The smallest absolute Gasteiger partial charge is 0.321 e. The molecule has 1 N–H and O–H groups in total. The van der Waals surface area contributed by atoms with Crippen molar-refractivity contribution >= 4 is 11.7 Å². The maximum Gasteiger partial charge on any atom is 0.321 e. The fourth-order valence-corrected chi connectivity index (χ4v) is 3.42. The predicted octanol–water partition coefficient (Wildman–Crippen LogP) is 4.34. The van der Waals surface area contributed by atoms with Crippen LogP contribution < -0.4 is 5.32 Å². The molecule has 3 rings (SSSR count). The van der Waals surface area contributed by atoms with Gasteiger partial charge in [0, 0.05) is 38.4 Å². The second-order valence-electron chi connectivity index (χ2n) is 7.38. The Kier molecular flexibility index (Phi) is 6.45. The molecule has 1 fully saturated rings. The van der Waals surface area contributed by atoms with E-state index in [9.17, 15) is 9.18 Å². The molecule has 2 amide bonds. The molecule has 0 aliphatic carbocycles. The van der Waals surface area contributed by atoms with Crippen LogP contribution in [0.2, 0.25) is 0 Å². The van der Waals surface area contributed by atoms with Gasteiger partial charge in [-0.25, -0.2) is 9.18 Å². The predicted molar refractivity (Wildman–Crippen MR) is 108 cm³/mol.